The Morgan fingerprint density at radius 3 is 2.56 bits per heavy atom. The number of nitrogens with one attached hydrogen (secondary N) is 1. The Hall–Kier alpha value is -0.940. The molecule has 0 saturated carbocycles. The van der Waals surface area contributed by atoms with Gasteiger partial charge in [-0.05, 0) is 7.05 Å². The van der Waals surface area contributed by atoms with Crippen LogP contribution in [0.3, 0.4) is 0 Å². The van der Waals surface area contributed by atoms with Gasteiger partial charge in [0.05, 0.1) is 17.8 Å². The second kappa shape index (κ2) is 4.93. The molecule has 0 aromatic carbocycles. The standard InChI is InChI=1S/C11H18N2O2S/c1-11(2,3)10-13-7(6-16-10)8(12-4)9(14)15-5/h6,8,12H,1-5H3. The van der Waals surface area contributed by atoms with Gasteiger partial charge < -0.3 is 10.1 Å². The maximum atomic E-state index is 11.5. The summed E-state index contributed by atoms with van der Waals surface area (Å²) in [6.45, 7) is 6.30. The van der Waals surface area contributed by atoms with Crippen LogP contribution in [0, 0.1) is 0 Å². The molecule has 0 radical (unpaired) electrons. The maximum absolute atomic E-state index is 11.5. The van der Waals surface area contributed by atoms with Gasteiger partial charge in [-0.1, -0.05) is 20.8 Å². The lowest BCUT2D eigenvalue weighted by molar-refractivity contribution is -0.143. The molecule has 0 fully saturated rings. The summed E-state index contributed by atoms with van der Waals surface area (Å²) in [6, 6.07) is -0.475. The predicted molar refractivity (Wildman–Crippen MR) is 64.6 cm³/mol. The van der Waals surface area contributed by atoms with Gasteiger partial charge in [0.1, 0.15) is 6.04 Å². The molecule has 0 bridgehead atoms. The molecule has 1 heterocycles. The largest absolute Gasteiger partial charge is 0.468 e. The van der Waals surface area contributed by atoms with Gasteiger partial charge in [0, 0.05) is 10.8 Å². The summed E-state index contributed by atoms with van der Waals surface area (Å²) in [5, 5.41) is 5.82. The van der Waals surface area contributed by atoms with Gasteiger partial charge >= 0.3 is 5.97 Å². The van der Waals surface area contributed by atoms with Crippen LogP contribution < -0.4 is 5.32 Å². The lowest BCUT2D eigenvalue weighted by Gasteiger charge is -2.14. The van der Waals surface area contributed by atoms with E-state index in [-0.39, 0.29) is 11.4 Å². The van der Waals surface area contributed by atoms with Crippen LogP contribution in [0.1, 0.15) is 37.5 Å². The quantitative estimate of drug-likeness (QED) is 0.822. The van der Waals surface area contributed by atoms with E-state index in [0.29, 0.717) is 0 Å². The molecule has 1 aromatic heterocycles. The third kappa shape index (κ3) is 2.80. The van der Waals surface area contributed by atoms with Gasteiger partial charge in [-0.2, -0.15) is 0 Å². The summed E-state index contributed by atoms with van der Waals surface area (Å²) < 4.78 is 4.72. The summed E-state index contributed by atoms with van der Waals surface area (Å²) in [5.74, 6) is -0.312. The van der Waals surface area contributed by atoms with Crippen molar-refractivity contribution in [3.63, 3.8) is 0 Å². The molecule has 1 aromatic rings. The van der Waals surface area contributed by atoms with E-state index in [0.717, 1.165) is 10.7 Å². The zero-order valence-electron chi connectivity index (χ0n) is 10.3. The topological polar surface area (TPSA) is 51.2 Å². The molecule has 16 heavy (non-hydrogen) atoms. The molecule has 4 nitrogen and oxygen atoms in total. The van der Waals surface area contributed by atoms with Crippen LogP contribution in [0.15, 0.2) is 5.38 Å². The molecule has 5 heteroatoms. The van der Waals surface area contributed by atoms with Gasteiger partial charge in [0.15, 0.2) is 0 Å². The van der Waals surface area contributed by atoms with E-state index in [4.69, 9.17) is 4.74 Å². The molecule has 0 aliphatic heterocycles. The van der Waals surface area contributed by atoms with E-state index in [1.807, 2.05) is 5.38 Å². The minimum Gasteiger partial charge on any atom is -0.468 e. The number of ether oxygens (including phenoxy) is 1. The van der Waals surface area contributed by atoms with Gasteiger partial charge in [0.25, 0.3) is 0 Å². The molecule has 1 N–H and O–H groups in total. The summed E-state index contributed by atoms with van der Waals surface area (Å²) >= 11 is 1.57. The predicted octanol–water partition coefficient (Wildman–Crippen LogP) is 1.87. The molecule has 90 valence electrons. The zero-order chi connectivity index (χ0) is 12.3. The highest BCUT2D eigenvalue weighted by atomic mass is 32.1. The fourth-order valence-electron chi connectivity index (χ4n) is 1.27. The third-order valence-corrected chi connectivity index (χ3v) is 3.47. The molecule has 0 amide bonds. The average Bonchev–Trinajstić information content (AvgIpc) is 2.67. The van der Waals surface area contributed by atoms with E-state index >= 15 is 0 Å². The zero-order valence-corrected chi connectivity index (χ0v) is 11.1. The molecule has 0 spiro atoms. The molecule has 1 unspecified atom stereocenters. The number of hydrogen-bond acceptors (Lipinski definition) is 5. The van der Waals surface area contributed by atoms with Gasteiger partial charge in [-0.25, -0.2) is 9.78 Å². The third-order valence-electron chi connectivity index (χ3n) is 2.18. The number of carbonyl (C=O) groups excluding carboxylic acids is 1. The number of nitrogens with zero attached hydrogens (tertiary/aromatic N) is 1. The summed E-state index contributed by atoms with van der Waals surface area (Å²) in [6.07, 6.45) is 0. The lowest BCUT2D eigenvalue weighted by Crippen LogP contribution is -2.27. The van der Waals surface area contributed by atoms with Crippen LogP contribution in [0.25, 0.3) is 0 Å². The second-order valence-corrected chi connectivity index (χ2v) is 5.43. The smallest absolute Gasteiger partial charge is 0.329 e. The normalized spacial score (nSPS) is 13.6. The van der Waals surface area contributed by atoms with Crippen molar-refractivity contribution in [2.24, 2.45) is 0 Å². The number of hydrogen-bond donors (Lipinski definition) is 1. The summed E-state index contributed by atoms with van der Waals surface area (Å²) in [4.78, 5) is 16.0. The van der Waals surface area contributed by atoms with Crippen LogP contribution in [-0.4, -0.2) is 25.1 Å². The first-order chi connectivity index (χ1) is 7.40. The van der Waals surface area contributed by atoms with E-state index in [1.165, 1.54) is 7.11 Å². The molecule has 0 saturated heterocycles. The molecule has 1 atom stereocenters. The number of esters is 1. The number of methoxy groups -OCH3 is 1. The van der Waals surface area contributed by atoms with Crippen molar-refractivity contribution < 1.29 is 9.53 Å². The second-order valence-electron chi connectivity index (χ2n) is 4.57. The van der Waals surface area contributed by atoms with Crippen LogP contribution in [0.5, 0.6) is 0 Å². The van der Waals surface area contributed by atoms with Crippen molar-refractivity contribution in [2.75, 3.05) is 14.2 Å². The van der Waals surface area contributed by atoms with Gasteiger partial charge in [0.2, 0.25) is 0 Å². The van der Waals surface area contributed by atoms with Gasteiger partial charge in [-0.3, -0.25) is 0 Å². The Kier molecular flexibility index (Phi) is 4.04. The van der Waals surface area contributed by atoms with Crippen molar-refractivity contribution in [3.8, 4) is 0 Å². The van der Waals surface area contributed by atoms with Crippen LogP contribution >= 0.6 is 11.3 Å². The Balaban J connectivity index is 2.96. The number of likely N-dealkylation sites (N-methyl/N-ethyl adjacent to an activating group) is 1. The Morgan fingerprint density at radius 1 is 1.56 bits per heavy atom. The SMILES string of the molecule is CNC(C(=O)OC)c1csc(C(C)(C)C)n1. The van der Waals surface area contributed by atoms with Crippen molar-refractivity contribution >= 4 is 17.3 Å². The van der Waals surface area contributed by atoms with Crippen LogP contribution in [0.4, 0.5) is 0 Å². The minimum atomic E-state index is -0.475. The van der Waals surface area contributed by atoms with E-state index in [1.54, 1.807) is 18.4 Å². The highest BCUT2D eigenvalue weighted by molar-refractivity contribution is 7.09. The van der Waals surface area contributed by atoms with Crippen molar-refractivity contribution in [1.29, 1.82) is 0 Å². The van der Waals surface area contributed by atoms with Crippen molar-refractivity contribution in [1.82, 2.24) is 10.3 Å². The Morgan fingerprint density at radius 2 is 2.19 bits per heavy atom. The maximum Gasteiger partial charge on any atom is 0.329 e. The molecular weight excluding hydrogens is 224 g/mol. The minimum absolute atomic E-state index is 0.0112. The number of thiazole rings is 1. The average molecular weight is 242 g/mol. The summed E-state index contributed by atoms with van der Waals surface area (Å²) in [5.41, 5.74) is 0.737. The lowest BCUT2D eigenvalue weighted by atomic mass is 9.98. The monoisotopic (exact) mass is 242 g/mol. The molecule has 0 aliphatic carbocycles. The highest BCUT2D eigenvalue weighted by Gasteiger charge is 2.25. The van der Waals surface area contributed by atoms with Crippen molar-refractivity contribution in [3.05, 3.63) is 16.1 Å². The Labute approximate surface area is 100 Å². The number of rotatable bonds is 3. The fraction of sp³-hybridized carbons (Fsp3) is 0.636. The van der Waals surface area contributed by atoms with E-state index in [2.05, 4.69) is 31.1 Å². The van der Waals surface area contributed by atoms with Crippen molar-refractivity contribution in [2.45, 2.75) is 32.2 Å². The first-order valence-corrected chi connectivity index (χ1v) is 5.99. The van der Waals surface area contributed by atoms with Gasteiger partial charge in [-0.15, -0.1) is 11.3 Å². The molecule has 1 rings (SSSR count). The van der Waals surface area contributed by atoms with E-state index in [9.17, 15) is 4.79 Å². The van der Waals surface area contributed by atoms with Crippen LogP contribution in [-0.2, 0) is 14.9 Å². The fourth-order valence-corrected chi connectivity index (χ4v) is 2.20. The number of carbonyl (C=O) groups is 1. The highest BCUT2D eigenvalue weighted by Crippen LogP contribution is 2.27. The van der Waals surface area contributed by atoms with E-state index < -0.39 is 6.04 Å². The van der Waals surface area contributed by atoms with Crippen LogP contribution in [0.2, 0.25) is 0 Å². The first kappa shape index (κ1) is 13.1. The number of aromatic nitrogens is 1. The Bertz CT molecular complexity index is 368. The molecule has 0 aliphatic rings. The molecular formula is C11H18N2O2S. The first-order valence-electron chi connectivity index (χ1n) is 5.11. The summed E-state index contributed by atoms with van der Waals surface area (Å²) in [7, 11) is 3.10.